The zero-order chi connectivity index (χ0) is 24.7. The molecule has 3 heterocycles. The van der Waals surface area contributed by atoms with E-state index in [1.54, 1.807) is 11.3 Å². The zero-order valence-electron chi connectivity index (χ0n) is 20.8. The minimum atomic E-state index is 0. The van der Waals surface area contributed by atoms with E-state index in [4.69, 9.17) is 5.10 Å². The molecule has 7 rings (SSSR count). The van der Waals surface area contributed by atoms with E-state index in [0.29, 0.717) is 0 Å². The number of para-hydroxylation sites is 2. The summed E-state index contributed by atoms with van der Waals surface area (Å²) < 4.78 is 3.25. The van der Waals surface area contributed by atoms with Gasteiger partial charge in [0.15, 0.2) is 0 Å². The molecule has 0 spiro atoms. The van der Waals surface area contributed by atoms with Gasteiger partial charge in [-0.15, -0.1) is 41.3 Å². The predicted molar refractivity (Wildman–Crippen MR) is 152 cm³/mol. The van der Waals surface area contributed by atoms with Crippen LogP contribution in [0.25, 0.3) is 48.1 Å². The van der Waals surface area contributed by atoms with E-state index in [0.717, 1.165) is 32.6 Å². The summed E-state index contributed by atoms with van der Waals surface area (Å²) in [6, 6.07) is 39.4. The number of aromatic nitrogens is 3. The molecule has 1 radical (unpaired) electrons. The van der Waals surface area contributed by atoms with Crippen molar-refractivity contribution in [3.8, 4) is 10.6 Å². The number of hydrogen-bond acceptors (Lipinski definition) is 3. The van der Waals surface area contributed by atoms with Crippen LogP contribution in [0.3, 0.4) is 0 Å². The van der Waals surface area contributed by atoms with Gasteiger partial charge >= 0.3 is 0 Å². The summed E-state index contributed by atoms with van der Waals surface area (Å²) in [5, 5.41) is 8.21. The Labute approximate surface area is 234 Å². The summed E-state index contributed by atoms with van der Waals surface area (Å²) in [5.74, 6) is 0. The number of pyridine rings is 1. The number of fused-ring (bicyclic) bond motifs is 6. The van der Waals surface area contributed by atoms with Crippen molar-refractivity contribution in [2.45, 2.75) is 26.2 Å². The topological polar surface area (TPSA) is 30.2 Å². The Bertz CT molecular complexity index is 1800. The van der Waals surface area contributed by atoms with E-state index in [1.165, 1.54) is 21.0 Å². The zero-order valence-corrected chi connectivity index (χ0v) is 24.0. The van der Waals surface area contributed by atoms with Gasteiger partial charge in [0.2, 0.25) is 0 Å². The summed E-state index contributed by atoms with van der Waals surface area (Å²) in [6.07, 6.45) is 0. The average Bonchev–Trinajstić information content (AvgIpc) is 3.50. The van der Waals surface area contributed by atoms with Crippen LogP contribution in [0.2, 0.25) is 0 Å². The van der Waals surface area contributed by atoms with E-state index in [9.17, 15) is 0 Å². The molecule has 0 aliphatic carbocycles. The third-order valence-electron chi connectivity index (χ3n) is 6.27. The smallest absolute Gasteiger partial charge is 0.0933 e. The number of hydrogen-bond donors (Lipinski definition) is 0. The minimum absolute atomic E-state index is 0. The Hall–Kier alpha value is -3.37. The number of thiazole rings is 1. The van der Waals surface area contributed by atoms with Gasteiger partial charge in [-0.3, -0.25) is 9.50 Å². The van der Waals surface area contributed by atoms with Crippen molar-refractivity contribution in [1.29, 1.82) is 0 Å². The maximum atomic E-state index is 4.75. The molecule has 0 saturated heterocycles. The summed E-state index contributed by atoms with van der Waals surface area (Å²) >= 11 is 1.71. The van der Waals surface area contributed by atoms with Gasteiger partial charge in [-0.25, -0.2) is 0 Å². The van der Waals surface area contributed by atoms with Gasteiger partial charge in [-0.1, -0.05) is 56.7 Å². The second kappa shape index (κ2) is 10.2. The molecule has 3 nitrogen and oxygen atoms in total. The third-order valence-corrected chi connectivity index (χ3v) is 7.34. The van der Waals surface area contributed by atoms with E-state index in [2.05, 4.69) is 74.3 Å². The fourth-order valence-electron chi connectivity index (χ4n) is 4.53. The van der Waals surface area contributed by atoms with Crippen LogP contribution < -0.4 is 0 Å². The van der Waals surface area contributed by atoms with Crippen LogP contribution in [0.5, 0.6) is 0 Å². The summed E-state index contributed by atoms with van der Waals surface area (Å²) in [6.45, 7) is 6.76. The summed E-state index contributed by atoms with van der Waals surface area (Å²) in [5.41, 5.74) is 6.80. The van der Waals surface area contributed by atoms with Crippen LogP contribution in [0.4, 0.5) is 0 Å². The van der Waals surface area contributed by atoms with Crippen LogP contribution in [0.15, 0.2) is 97.1 Å². The fraction of sp³-hybridized carbons (Fsp3) is 0.125. The van der Waals surface area contributed by atoms with Gasteiger partial charge in [0.05, 0.1) is 16.6 Å². The second-order valence-corrected chi connectivity index (χ2v) is 10.8. The predicted octanol–water partition coefficient (Wildman–Crippen LogP) is 8.50. The van der Waals surface area contributed by atoms with E-state index in [-0.39, 0.29) is 25.5 Å². The number of nitrogens with zero attached hydrogens (tertiary/aromatic N) is 3. The Morgan fingerprint density at radius 3 is 2.22 bits per heavy atom. The van der Waals surface area contributed by atoms with Crippen molar-refractivity contribution >= 4 is 48.9 Å². The average molecular weight is 676 g/mol. The molecule has 0 saturated carbocycles. The van der Waals surface area contributed by atoms with Crippen molar-refractivity contribution in [2.24, 2.45) is 0 Å². The largest absolute Gasteiger partial charge is 0.285 e. The van der Waals surface area contributed by atoms with Crippen LogP contribution in [0, 0.1) is 12.1 Å². The first-order valence-corrected chi connectivity index (χ1v) is 12.8. The third kappa shape index (κ3) is 4.83. The van der Waals surface area contributed by atoms with E-state index >= 15 is 0 Å². The van der Waals surface area contributed by atoms with Gasteiger partial charge in [0.25, 0.3) is 0 Å². The first kappa shape index (κ1) is 25.3. The number of rotatable bonds is 1. The van der Waals surface area contributed by atoms with Gasteiger partial charge < -0.3 is 0 Å². The Kier molecular flexibility index (Phi) is 6.96. The standard InChI is InChI=1S/C19H17N2.C13H8NS.Ir/c1-19(2,3)15-12-18-14-9-4-6-10-16(14)20-21(18)17-11-7-5-8-13(15)17;1-2-6-10(7-3-1)13-14-11-8-4-5-9-12(11)15-13;/h4-10,12H,1-3H3;1-6,8-9H;/q2*-1;. The maximum Gasteiger partial charge on any atom is 0.0933 e. The van der Waals surface area contributed by atoms with E-state index < -0.39 is 0 Å². The Morgan fingerprint density at radius 1 is 0.757 bits per heavy atom. The van der Waals surface area contributed by atoms with Crippen molar-refractivity contribution in [3.63, 3.8) is 0 Å². The molecule has 7 aromatic rings. The summed E-state index contributed by atoms with van der Waals surface area (Å²) in [7, 11) is 0. The van der Waals surface area contributed by atoms with Gasteiger partial charge in [0, 0.05) is 35.2 Å². The van der Waals surface area contributed by atoms with Crippen LogP contribution in [0.1, 0.15) is 26.3 Å². The second-order valence-electron chi connectivity index (χ2n) is 9.82. The molecule has 185 valence electrons. The molecule has 5 heteroatoms. The first-order valence-electron chi connectivity index (χ1n) is 12.0. The SMILES string of the molecule is CC(C)(C)c1cc2c3ccccc3nn2c2[c-]cccc12.[Ir].[c-]1ccccc1-c1nc2ccccc2s1. The molecule has 0 atom stereocenters. The van der Waals surface area contributed by atoms with Crippen LogP contribution in [-0.4, -0.2) is 14.6 Å². The van der Waals surface area contributed by atoms with Crippen molar-refractivity contribution < 1.29 is 20.1 Å². The molecule has 37 heavy (non-hydrogen) atoms. The van der Waals surface area contributed by atoms with Gasteiger partial charge in [0.1, 0.15) is 0 Å². The first-order chi connectivity index (χ1) is 17.5. The maximum absolute atomic E-state index is 4.75. The molecule has 0 fully saturated rings. The Balaban J connectivity index is 0.000000155. The molecular weight excluding hydrogens is 651 g/mol. The summed E-state index contributed by atoms with van der Waals surface area (Å²) in [4.78, 5) is 4.57. The number of benzene rings is 4. The minimum Gasteiger partial charge on any atom is -0.285 e. The van der Waals surface area contributed by atoms with Gasteiger partial charge in [-0.05, 0) is 35.2 Å². The molecule has 3 aromatic heterocycles. The molecule has 0 aliphatic heterocycles. The monoisotopic (exact) mass is 676 g/mol. The van der Waals surface area contributed by atoms with Crippen LogP contribution in [-0.2, 0) is 25.5 Å². The van der Waals surface area contributed by atoms with Crippen LogP contribution >= 0.6 is 11.3 Å². The Morgan fingerprint density at radius 2 is 1.46 bits per heavy atom. The molecule has 0 aliphatic rings. The van der Waals surface area contributed by atoms with E-state index in [1.807, 2.05) is 65.2 Å². The normalized spacial score (nSPS) is 11.4. The molecule has 0 unspecified atom stereocenters. The van der Waals surface area contributed by atoms with Crippen molar-refractivity contribution in [3.05, 3.63) is 115 Å². The quantitative estimate of drug-likeness (QED) is 0.164. The molecular formula is C32H25IrN3S-2. The molecule has 0 N–H and O–H groups in total. The molecule has 0 bridgehead atoms. The van der Waals surface area contributed by atoms with Crippen molar-refractivity contribution in [2.75, 3.05) is 0 Å². The fourth-order valence-corrected chi connectivity index (χ4v) is 5.49. The van der Waals surface area contributed by atoms with Crippen molar-refractivity contribution in [1.82, 2.24) is 14.6 Å². The molecule has 4 aromatic carbocycles. The molecule has 0 amide bonds. The van der Waals surface area contributed by atoms with Gasteiger partial charge in [-0.2, -0.15) is 40.7 Å².